The van der Waals surface area contributed by atoms with E-state index >= 15 is 0 Å². The predicted octanol–water partition coefficient (Wildman–Crippen LogP) is 4.22. The van der Waals surface area contributed by atoms with Crippen LogP contribution in [-0.4, -0.2) is 23.7 Å². The minimum absolute atomic E-state index is 0.0328. The Balaban J connectivity index is 1.80. The van der Waals surface area contributed by atoms with E-state index in [-0.39, 0.29) is 5.75 Å². The number of carbonyl (C=O) groups excluding carboxylic acids is 2. The summed E-state index contributed by atoms with van der Waals surface area (Å²) < 4.78 is 44.6. The number of anilines is 1. The summed E-state index contributed by atoms with van der Waals surface area (Å²) in [5.74, 6) is -5.39. The van der Waals surface area contributed by atoms with E-state index in [9.17, 15) is 22.8 Å². The van der Waals surface area contributed by atoms with E-state index in [0.29, 0.717) is 11.8 Å². The quantitative estimate of drug-likeness (QED) is 0.562. The number of aryl methyl sites for hydroxylation is 1. The number of halogens is 3. The minimum Gasteiger partial charge on any atom is -0.452 e. The van der Waals surface area contributed by atoms with Crippen molar-refractivity contribution in [2.24, 2.45) is 0 Å². The fraction of sp³-hybridized carbons (Fsp3) is 0.263. The molecule has 1 N–H and O–H groups in total. The normalized spacial score (nSPS) is 11.7. The van der Waals surface area contributed by atoms with Crippen molar-refractivity contribution in [3.05, 3.63) is 65.0 Å². The third-order valence-corrected chi connectivity index (χ3v) is 4.56. The van der Waals surface area contributed by atoms with Gasteiger partial charge in [-0.3, -0.25) is 9.59 Å². The van der Waals surface area contributed by atoms with Crippen molar-refractivity contribution in [2.75, 3.05) is 11.1 Å². The molecule has 0 saturated carbocycles. The Bertz CT molecular complexity index is 828. The summed E-state index contributed by atoms with van der Waals surface area (Å²) in [6.07, 6.45) is -1.22. The SMILES string of the molecule is Cc1ccc(CSCC(=O)O[C@@H](C)C(=O)Nc2ccc(F)c(F)c2F)cc1. The fourth-order valence-corrected chi connectivity index (χ4v) is 2.84. The zero-order valence-electron chi connectivity index (χ0n) is 14.7. The van der Waals surface area contributed by atoms with Gasteiger partial charge >= 0.3 is 5.97 Å². The lowest BCUT2D eigenvalue weighted by Crippen LogP contribution is -2.31. The van der Waals surface area contributed by atoms with Crippen LogP contribution in [0.2, 0.25) is 0 Å². The molecular weight excluding hydrogens is 379 g/mol. The Morgan fingerprint density at radius 1 is 1.07 bits per heavy atom. The first-order valence-corrected chi connectivity index (χ1v) is 9.20. The van der Waals surface area contributed by atoms with Gasteiger partial charge in [0.15, 0.2) is 23.6 Å². The molecule has 0 aliphatic heterocycles. The van der Waals surface area contributed by atoms with Crippen LogP contribution < -0.4 is 5.32 Å². The van der Waals surface area contributed by atoms with Crippen molar-refractivity contribution < 1.29 is 27.5 Å². The first-order chi connectivity index (χ1) is 12.8. The molecule has 0 fully saturated rings. The van der Waals surface area contributed by atoms with E-state index in [2.05, 4.69) is 5.32 Å². The second-order valence-corrected chi connectivity index (χ2v) is 6.81. The van der Waals surface area contributed by atoms with Gasteiger partial charge in [-0.1, -0.05) is 29.8 Å². The van der Waals surface area contributed by atoms with E-state index in [1.807, 2.05) is 31.2 Å². The lowest BCUT2D eigenvalue weighted by Gasteiger charge is -2.14. The Morgan fingerprint density at radius 2 is 1.74 bits per heavy atom. The van der Waals surface area contributed by atoms with Crippen LogP contribution in [0.25, 0.3) is 0 Å². The van der Waals surface area contributed by atoms with Crippen molar-refractivity contribution in [2.45, 2.75) is 25.7 Å². The molecule has 144 valence electrons. The molecule has 1 amide bonds. The van der Waals surface area contributed by atoms with Gasteiger partial charge in [-0.25, -0.2) is 13.2 Å². The highest BCUT2D eigenvalue weighted by atomic mass is 32.2. The zero-order chi connectivity index (χ0) is 20.0. The monoisotopic (exact) mass is 397 g/mol. The van der Waals surface area contributed by atoms with Crippen LogP contribution in [0.3, 0.4) is 0 Å². The number of hydrogen-bond acceptors (Lipinski definition) is 4. The lowest BCUT2D eigenvalue weighted by molar-refractivity contribution is -0.150. The number of esters is 1. The molecule has 2 aromatic rings. The summed E-state index contributed by atoms with van der Waals surface area (Å²) in [7, 11) is 0. The molecule has 0 aliphatic rings. The van der Waals surface area contributed by atoms with E-state index in [1.54, 1.807) is 0 Å². The molecule has 4 nitrogen and oxygen atoms in total. The van der Waals surface area contributed by atoms with Crippen LogP contribution in [0.1, 0.15) is 18.1 Å². The molecule has 0 bridgehead atoms. The molecule has 8 heteroatoms. The van der Waals surface area contributed by atoms with Gasteiger partial charge in [-0.05, 0) is 31.5 Å². The average Bonchev–Trinajstić information content (AvgIpc) is 2.63. The Morgan fingerprint density at radius 3 is 2.41 bits per heavy atom. The molecule has 2 aromatic carbocycles. The molecule has 0 aromatic heterocycles. The van der Waals surface area contributed by atoms with Gasteiger partial charge in [0.1, 0.15) is 0 Å². The van der Waals surface area contributed by atoms with E-state index < -0.39 is 41.1 Å². The van der Waals surface area contributed by atoms with Crippen molar-refractivity contribution in [3.8, 4) is 0 Å². The molecule has 0 aliphatic carbocycles. The summed E-state index contributed by atoms with van der Waals surface area (Å²) >= 11 is 1.33. The summed E-state index contributed by atoms with van der Waals surface area (Å²) in [5, 5.41) is 2.07. The number of hydrogen-bond donors (Lipinski definition) is 1. The largest absolute Gasteiger partial charge is 0.452 e. The third-order valence-electron chi connectivity index (χ3n) is 3.58. The predicted molar refractivity (Wildman–Crippen MR) is 97.8 cm³/mol. The van der Waals surface area contributed by atoms with E-state index in [4.69, 9.17) is 4.74 Å². The second-order valence-electron chi connectivity index (χ2n) is 5.82. The number of ether oxygens (including phenoxy) is 1. The zero-order valence-corrected chi connectivity index (χ0v) is 15.5. The first-order valence-electron chi connectivity index (χ1n) is 8.05. The summed E-state index contributed by atoms with van der Waals surface area (Å²) in [6, 6.07) is 9.43. The van der Waals surface area contributed by atoms with Crippen LogP contribution >= 0.6 is 11.8 Å². The van der Waals surface area contributed by atoms with Gasteiger partial charge in [0, 0.05) is 5.75 Å². The molecule has 0 spiro atoms. The second kappa shape index (κ2) is 9.45. The van der Waals surface area contributed by atoms with E-state index in [0.717, 1.165) is 17.2 Å². The number of carbonyl (C=O) groups is 2. The summed E-state index contributed by atoms with van der Waals surface area (Å²) in [4.78, 5) is 23.8. The van der Waals surface area contributed by atoms with Crippen LogP contribution in [0.15, 0.2) is 36.4 Å². The van der Waals surface area contributed by atoms with Crippen molar-refractivity contribution in [3.63, 3.8) is 0 Å². The molecule has 0 saturated heterocycles. The van der Waals surface area contributed by atoms with Gasteiger partial charge in [0.2, 0.25) is 0 Å². The van der Waals surface area contributed by atoms with Crippen LogP contribution in [0, 0.1) is 24.4 Å². The average molecular weight is 397 g/mol. The Hall–Kier alpha value is -2.48. The highest BCUT2D eigenvalue weighted by molar-refractivity contribution is 7.99. The first kappa shape index (κ1) is 20.8. The summed E-state index contributed by atoms with van der Waals surface area (Å²) in [5.41, 5.74) is 1.66. The van der Waals surface area contributed by atoms with Crippen LogP contribution in [0.5, 0.6) is 0 Å². The van der Waals surface area contributed by atoms with Gasteiger partial charge < -0.3 is 10.1 Å². The van der Waals surface area contributed by atoms with Crippen LogP contribution in [0.4, 0.5) is 18.9 Å². The van der Waals surface area contributed by atoms with Crippen molar-refractivity contribution in [1.29, 1.82) is 0 Å². The molecule has 0 unspecified atom stereocenters. The fourth-order valence-electron chi connectivity index (χ4n) is 2.08. The molecule has 0 radical (unpaired) electrons. The lowest BCUT2D eigenvalue weighted by atomic mass is 10.2. The Labute approximate surface area is 159 Å². The van der Waals surface area contributed by atoms with Gasteiger partial charge in [-0.2, -0.15) is 0 Å². The topological polar surface area (TPSA) is 55.4 Å². The maximum absolute atomic E-state index is 13.6. The number of nitrogens with one attached hydrogen (secondary N) is 1. The maximum Gasteiger partial charge on any atom is 0.316 e. The number of rotatable bonds is 7. The molecule has 0 heterocycles. The van der Waals surface area contributed by atoms with Gasteiger partial charge in [0.25, 0.3) is 5.91 Å². The molecule has 2 rings (SSSR count). The van der Waals surface area contributed by atoms with Gasteiger partial charge in [-0.15, -0.1) is 11.8 Å². The standard InChI is InChI=1S/C19H18F3NO3S/c1-11-3-5-13(6-4-11)9-27-10-16(24)26-12(2)19(25)23-15-8-7-14(20)17(21)18(15)22/h3-8,12H,9-10H2,1-2H3,(H,23,25)/t12-/m0/s1. The molecular formula is C19H18F3NO3S. The molecule has 27 heavy (non-hydrogen) atoms. The molecule has 1 atom stereocenters. The van der Waals surface area contributed by atoms with E-state index in [1.165, 1.54) is 18.7 Å². The highest BCUT2D eigenvalue weighted by Gasteiger charge is 2.21. The van der Waals surface area contributed by atoms with Crippen LogP contribution in [-0.2, 0) is 20.1 Å². The highest BCUT2D eigenvalue weighted by Crippen LogP contribution is 2.20. The number of benzene rings is 2. The van der Waals surface area contributed by atoms with Crippen molar-refractivity contribution >= 4 is 29.3 Å². The Kier molecular flexibility index (Phi) is 7.29. The summed E-state index contributed by atoms with van der Waals surface area (Å²) in [6.45, 7) is 3.28. The van der Waals surface area contributed by atoms with Crippen molar-refractivity contribution in [1.82, 2.24) is 0 Å². The minimum atomic E-state index is -1.69. The van der Waals surface area contributed by atoms with Gasteiger partial charge in [0.05, 0.1) is 11.4 Å². The number of amides is 1. The number of thioether (sulfide) groups is 1. The maximum atomic E-state index is 13.6. The third kappa shape index (κ3) is 6.02. The smallest absolute Gasteiger partial charge is 0.316 e.